The van der Waals surface area contributed by atoms with E-state index in [4.69, 9.17) is 30.4 Å². The third-order valence-electron chi connectivity index (χ3n) is 8.95. The van der Waals surface area contributed by atoms with Gasteiger partial charge in [0.1, 0.15) is 48.5 Å². The van der Waals surface area contributed by atoms with E-state index in [1.165, 1.54) is 0 Å². The van der Waals surface area contributed by atoms with Gasteiger partial charge in [0, 0.05) is 37.5 Å². The summed E-state index contributed by atoms with van der Waals surface area (Å²) in [5.74, 6) is -0.275. The van der Waals surface area contributed by atoms with Crippen LogP contribution in [0.25, 0.3) is 0 Å². The zero-order chi connectivity index (χ0) is 35.4. The Bertz CT molecular complexity index is 953. The van der Waals surface area contributed by atoms with E-state index >= 15 is 0 Å². The number of aliphatic imine (C=N–C) groups is 1. The van der Waals surface area contributed by atoms with Crippen LogP contribution in [0.4, 0.5) is 0 Å². The SMILES string of the molecule is C.CC(=O)CCCN=C(N)N.CNCC1OC(OC2C(NC)CC(NC)C(OC3OC(CO)C(O)C(NC)C3O)C2O)C(O)C(C)C1O. The number of Topliss-reactive ketones (excluding diaryl/α,β-unsaturated/α-hetero) is 1. The minimum Gasteiger partial charge on any atom is -0.394 e. The van der Waals surface area contributed by atoms with Gasteiger partial charge in [-0.3, -0.25) is 4.99 Å². The molecule has 2 aliphatic heterocycles. The molecule has 3 fully saturated rings. The molecular weight excluding hydrogens is 634 g/mol. The summed E-state index contributed by atoms with van der Waals surface area (Å²) in [6.07, 6.45) is -9.83. The number of nitrogens with one attached hydrogen (secondary N) is 4. The van der Waals surface area contributed by atoms with Crippen LogP contribution >= 0.6 is 0 Å². The van der Waals surface area contributed by atoms with Crippen molar-refractivity contribution in [2.45, 2.75) is 126 Å². The van der Waals surface area contributed by atoms with Crippen molar-refractivity contribution in [3.05, 3.63) is 0 Å². The predicted molar refractivity (Wildman–Crippen MR) is 178 cm³/mol. The lowest BCUT2D eigenvalue weighted by molar-refractivity contribution is -0.329. The summed E-state index contributed by atoms with van der Waals surface area (Å²) in [5.41, 5.74) is 10.1. The second kappa shape index (κ2) is 21.6. The van der Waals surface area contributed by atoms with Crippen LogP contribution in [0.2, 0.25) is 0 Å². The van der Waals surface area contributed by atoms with Crippen molar-refractivity contribution in [1.29, 1.82) is 0 Å². The van der Waals surface area contributed by atoms with Crippen LogP contribution in [0.5, 0.6) is 0 Å². The van der Waals surface area contributed by atoms with Crippen LogP contribution in [0, 0.1) is 5.92 Å². The van der Waals surface area contributed by atoms with Gasteiger partial charge in [-0.15, -0.1) is 0 Å². The molecule has 0 spiro atoms. The highest BCUT2D eigenvalue weighted by atomic mass is 16.7. The summed E-state index contributed by atoms with van der Waals surface area (Å²) in [6, 6.07) is -1.57. The molecule has 1 aliphatic carbocycles. The number of ether oxygens (including phenoxy) is 4. The number of hydrogen-bond acceptors (Lipinski definition) is 16. The Labute approximate surface area is 283 Å². The summed E-state index contributed by atoms with van der Waals surface area (Å²) < 4.78 is 23.8. The zero-order valence-corrected chi connectivity index (χ0v) is 28.2. The fourth-order valence-corrected chi connectivity index (χ4v) is 6.11. The quantitative estimate of drug-likeness (QED) is 0.0461. The van der Waals surface area contributed by atoms with Crippen LogP contribution in [0.3, 0.4) is 0 Å². The number of aliphatic hydroxyl groups excluding tert-OH is 6. The molecule has 2 saturated heterocycles. The van der Waals surface area contributed by atoms with Gasteiger partial charge in [-0.25, -0.2) is 0 Å². The summed E-state index contributed by atoms with van der Waals surface area (Å²) in [5, 5.41) is 75.6. The summed E-state index contributed by atoms with van der Waals surface area (Å²) in [6.45, 7) is 3.66. The number of nitrogens with zero attached hydrogens (tertiary/aromatic N) is 1. The van der Waals surface area contributed by atoms with Crippen molar-refractivity contribution in [1.82, 2.24) is 21.3 Å². The van der Waals surface area contributed by atoms with Crippen LogP contribution in [-0.4, -0.2) is 176 Å². The van der Waals surface area contributed by atoms with Gasteiger partial charge in [-0.1, -0.05) is 14.4 Å². The van der Waals surface area contributed by atoms with Gasteiger partial charge in [0.15, 0.2) is 18.5 Å². The molecule has 1 saturated carbocycles. The van der Waals surface area contributed by atoms with Crippen molar-refractivity contribution in [3.8, 4) is 0 Å². The Hall–Kier alpha value is -1.62. The first-order valence-corrected chi connectivity index (χ1v) is 16.1. The minimum atomic E-state index is -1.29. The number of likely N-dealkylation sites (N-methyl/N-ethyl adjacent to an activating group) is 4. The lowest BCUT2D eigenvalue weighted by Gasteiger charge is -2.49. The molecule has 0 amide bonds. The van der Waals surface area contributed by atoms with Crippen LogP contribution in [0.1, 0.15) is 40.5 Å². The molecule has 14 N–H and O–H groups in total. The van der Waals surface area contributed by atoms with Gasteiger partial charge in [-0.05, 0) is 48.0 Å². The number of carbonyl (C=O) groups excluding carboxylic acids is 1. The van der Waals surface area contributed by atoms with Crippen LogP contribution in [0.15, 0.2) is 4.99 Å². The van der Waals surface area contributed by atoms with Crippen LogP contribution < -0.4 is 32.7 Å². The average molecular weight is 698 g/mol. The topological polar surface area (TPSA) is 288 Å². The largest absolute Gasteiger partial charge is 0.394 e. The molecule has 18 heteroatoms. The maximum absolute atomic E-state index is 11.5. The van der Waals surface area contributed by atoms with Gasteiger partial charge in [0.2, 0.25) is 0 Å². The summed E-state index contributed by atoms with van der Waals surface area (Å²) in [7, 11) is 6.74. The van der Waals surface area contributed by atoms with Crippen molar-refractivity contribution in [2.75, 3.05) is 47.9 Å². The zero-order valence-electron chi connectivity index (χ0n) is 28.2. The molecule has 3 aliphatic rings. The van der Waals surface area contributed by atoms with Gasteiger partial charge in [0.25, 0.3) is 0 Å². The Morgan fingerprint density at radius 3 is 1.83 bits per heavy atom. The van der Waals surface area contributed by atoms with Gasteiger partial charge < -0.3 is 87.1 Å². The fourth-order valence-electron chi connectivity index (χ4n) is 6.11. The molecule has 0 radical (unpaired) electrons. The Morgan fingerprint density at radius 1 is 0.833 bits per heavy atom. The molecule has 48 heavy (non-hydrogen) atoms. The standard InChI is InChI=1S/C23H46N4O10.C6H13N3O.CH4/c1-9-15(29)12(7-24-2)34-22(16(9)30)36-20-10(25-3)6-11(26-4)21(19(20)33)37-23-18(32)14(27-5)17(31)13(8-28)35-23;1-5(10)3-2-4-9-6(7)8;/h9-33H,6-8H2,1-5H3;2-4H2,1H3,(H4,7,8,9);1H4. The van der Waals surface area contributed by atoms with E-state index in [-0.39, 0.29) is 31.3 Å². The molecule has 18 nitrogen and oxygen atoms in total. The number of aliphatic hydroxyl groups is 6. The molecule has 0 bridgehead atoms. The van der Waals surface area contributed by atoms with Crippen LogP contribution in [-0.2, 0) is 23.7 Å². The third-order valence-corrected chi connectivity index (χ3v) is 8.95. The minimum absolute atomic E-state index is 0. The van der Waals surface area contributed by atoms with Crippen molar-refractivity contribution in [3.63, 3.8) is 0 Å². The van der Waals surface area contributed by atoms with E-state index in [2.05, 4.69) is 26.3 Å². The lowest BCUT2D eigenvalue weighted by atomic mass is 9.83. The molecule has 0 aromatic heterocycles. The number of rotatable bonds is 14. The lowest BCUT2D eigenvalue weighted by Crippen LogP contribution is -2.69. The molecule has 15 unspecified atom stereocenters. The highest BCUT2D eigenvalue weighted by Crippen LogP contribution is 2.33. The molecule has 2 heterocycles. The molecule has 284 valence electrons. The first-order valence-electron chi connectivity index (χ1n) is 16.1. The number of ketones is 1. The van der Waals surface area contributed by atoms with Gasteiger partial charge in [0.05, 0.1) is 24.9 Å². The van der Waals surface area contributed by atoms with E-state index in [1.807, 2.05) is 0 Å². The number of hydrogen-bond donors (Lipinski definition) is 12. The molecule has 3 rings (SSSR count). The maximum atomic E-state index is 11.5. The van der Waals surface area contributed by atoms with Gasteiger partial charge in [-0.2, -0.15) is 0 Å². The fraction of sp³-hybridized carbons (Fsp3) is 0.933. The van der Waals surface area contributed by atoms with Gasteiger partial charge >= 0.3 is 0 Å². The number of guanidine groups is 1. The molecule has 15 atom stereocenters. The molecule has 0 aromatic rings. The van der Waals surface area contributed by atoms with E-state index in [0.717, 1.165) is 6.42 Å². The molecule has 0 aromatic carbocycles. The smallest absolute Gasteiger partial charge is 0.186 e. The monoisotopic (exact) mass is 697 g/mol. The second-order valence-electron chi connectivity index (χ2n) is 12.3. The van der Waals surface area contributed by atoms with E-state index in [1.54, 1.807) is 42.0 Å². The Kier molecular flexibility index (Phi) is 19.9. The third kappa shape index (κ3) is 11.7. The Morgan fingerprint density at radius 2 is 1.38 bits per heavy atom. The first-order chi connectivity index (χ1) is 22.2. The summed E-state index contributed by atoms with van der Waals surface area (Å²) >= 11 is 0. The first kappa shape index (κ1) is 44.4. The normalized spacial score (nSPS) is 39.8. The predicted octanol–water partition coefficient (Wildman–Crippen LogP) is -4.71. The highest BCUT2D eigenvalue weighted by molar-refractivity contribution is 5.76. The second-order valence-corrected chi connectivity index (χ2v) is 12.3. The highest BCUT2D eigenvalue weighted by Gasteiger charge is 2.52. The van der Waals surface area contributed by atoms with Crippen molar-refractivity contribution >= 4 is 11.7 Å². The van der Waals surface area contributed by atoms with E-state index in [9.17, 15) is 35.4 Å². The summed E-state index contributed by atoms with van der Waals surface area (Å²) in [4.78, 5) is 14.1. The van der Waals surface area contributed by atoms with E-state index < -0.39 is 86.1 Å². The van der Waals surface area contributed by atoms with Crippen molar-refractivity contribution < 1.29 is 54.4 Å². The van der Waals surface area contributed by atoms with E-state index in [0.29, 0.717) is 25.9 Å². The average Bonchev–Trinajstić information content (AvgIpc) is 3.03. The number of carbonyl (C=O) groups is 1. The maximum Gasteiger partial charge on any atom is 0.186 e. The Balaban J connectivity index is 0.000000908. The molecular formula is C30H63N7O11. The van der Waals surface area contributed by atoms with Crippen molar-refractivity contribution in [2.24, 2.45) is 22.4 Å². The number of nitrogens with two attached hydrogens (primary N) is 2.